The van der Waals surface area contributed by atoms with Crippen LogP contribution in [0.2, 0.25) is 5.02 Å². The van der Waals surface area contributed by atoms with Crippen LogP contribution in [0.5, 0.6) is 0 Å². The van der Waals surface area contributed by atoms with Crippen molar-refractivity contribution in [2.45, 2.75) is 37.6 Å². The van der Waals surface area contributed by atoms with E-state index in [0.29, 0.717) is 6.42 Å². The Kier molecular flexibility index (Phi) is 3.01. The molecule has 0 aliphatic carbocycles. The first-order valence-electron chi connectivity index (χ1n) is 6.26. The first-order chi connectivity index (χ1) is 9.06. The molecule has 3 rings (SSSR count). The van der Waals surface area contributed by atoms with Crippen molar-refractivity contribution in [3.8, 4) is 6.07 Å². The molecule has 1 N–H and O–H groups in total. The van der Waals surface area contributed by atoms with Crippen LogP contribution in [0.25, 0.3) is 0 Å². The molecule has 0 saturated carbocycles. The van der Waals surface area contributed by atoms with E-state index in [0.717, 1.165) is 18.9 Å². The number of rotatable bonds is 2. The number of fused-ring (bicyclic) bond motifs is 2. The van der Waals surface area contributed by atoms with Crippen molar-refractivity contribution in [1.29, 1.82) is 5.26 Å². The molecule has 3 nitrogen and oxygen atoms in total. The molecule has 2 bridgehead atoms. The summed E-state index contributed by atoms with van der Waals surface area (Å²) >= 11 is 5.70. The highest BCUT2D eigenvalue weighted by Gasteiger charge is 2.57. The van der Waals surface area contributed by atoms with E-state index in [1.54, 1.807) is 0 Å². The van der Waals surface area contributed by atoms with E-state index in [1.807, 2.05) is 0 Å². The smallest absolute Gasteiger partial charge is 0.130 e. The van der Waals surface area contributed by atoms with Crippen LogP contribution in [0.3, 0.4) is 0 Å². The van der Waals surface area contributed by atoms with Gasteiger partial charge in [-0.3, -0.25) is 0 Å². The molecule has 0 aromatic heterocycles. The molecule has 2 aliphatic heterocycles. The normalized spacial score (nSPS) is 34.2. The lowest BCUT2D eigenvalue weighted by Crippen LogP contribution is -2.37. The second-order valence-corrected chi connectivity index (χ2v) is 5.69. The average molecular weight is 282 g/mol. The van der Waals surface area contributed by atoms with Gasteiger partial charge in [-0.15, -0.1) is 0 Å². The molecule has 4 atom stereocenters. The van der Waals surface area contributed by atoms with E-state index in [1.165, 1.54) is 12.1 Å². The van der Waals surface area contributed by atoms with Gasteiger partial charge in [0.05, 0.1) is 18.3 Å². The zero-order chi connectivity index (χ0) is 13.6. The zero-order valence-electron chi connectivity index (χ0n) is 10.1. The van der Waals surface area contributed by atoms with Gasteiger partial charge in [-0.05, 0) is 31.4 Å². The summed E-state index contributed by atoms with van der Waals surface area (Å²) in [6.07, 6.45) is 0.610. The van der Waals surface area contributed by atoms with Crippen molar-refractivity contribution in [1.82, 2.24) is 0 Å². The summed E-state index contributed by atoms with van der Waals surface area (Å²) < 4.78 is 19.6. The van der Waals surface area contributed by atoms with Crippen molar-refractivity contribution < 1.29 is 14.2 Å². The second-order valence-electron chi connectivity index (χ2n) is 5.25. The highest BCUT2D eigenvalue weighted by atomic mass is 35.5. The molecule has 5 heteroatoms. The van der Waals surface area contributed by atoms with Crippen molar-refractivity contribution in [2.75, 3.05) is 0 Å². The molecule has 19 heavy (non-hydrogen) atoms. The van der Waals surface area contributed by atoms with E-state index >= 15 is 0 Å². The quantitative estimate of drug-likeness (QED) is 0.907. The number of aliphatic hydroxyl groups is 1. The summed E-state index contributed by atoms with van der Waals surface area (Å²) in [5.74, 6) is -0.586. The largest absolute Gasteiger partial charge is 0.387 e. The summed E-state index contributed by atoms with van der Waals surface area (Å²) in [4.78, 5) is 0. The molecular weight excluding hydrogens is 269 g/mol. The highest BCUT2D eigenvalue weighted by Crippen LogP contribution is 2.54. The Bertz CT molecular complexity index is 559. The van der Waals surface area contributed by atoms with Crippen LogP contribution in [-0.2, 0) is 4.74 Å². The molecule has 2 fully saturated rings. The molecule has 1 aromatic carbocycles. The summed E-state index contributed by atoms with van der Waals surface area (Å²) in [5.41, 5.74) is -0.931. The SMILES string of the molecule is N#CC1(C(O)c2ccc(Cl)cc2F)CC2CCC1O2. The Balaban J connectivity index is 1.99. The van der Waals surface area contributed by atoms with Gasteiger partial charge < -0.3 is 9.84 Å². The van der Waals surface area contributed by atoms with Gasteiger partial charge >= 0.3 is 0 Å². The third kappa shape index (κ3) is 1.85. The third-order valence-electron chi connectivity index (χ3n) is 4.20. The minimum atomic E-state index is -1.19. The predicted molar refractivity (Wildman–Crippen MR) is 66.9 cm³/mol. The third-order valence-corrected chi connectivity index (χ3v) is 4.44. The van der Waals surface area contributed by atoms with Gasteiger partial charge in [0.1, 0.15) is 17.3 Å². The summed E-state index contributed by atoms with van der Waals surface area (Å²) in [6, 6.07) is 6.28. The number of ether oxygens (including phenoxy) is 1. The number of halogens is 2. The van der Waals surface area contributed by atoms with E-state index < -0.39 is 17.3 Å². The molecule has 2 aliphatic rings. The Morgan fingerprint density at radius 1 is 1.53 bits per heavy atom. The molecule has 100 valence electrons. The van der Waals surface area contributed by atoms with Crippen LogP contribution in [0.4, 0.5) is 4.39 Å². The first kappa shape index (κ1) is 12.9. The minimum Gasteiger partial charge on any atom is -0.387 e. The number of hydrogen-bond donors (Lipinski definition) is 1. The summed E-state index contributed by atoms with van der Waals surface area (Å²) in [6.45, 7) is 0. The lowest BCUT2D eigenvalue weighted by molar-refractivity contribution is 0.00173. The Labute approximate surface area is 115 Å². The Morgan fingerprint density at radius 3 is 2.84 bits per heavy atom. The van der Waals surface area contributed by atoms with Gasteiger partial charge in [0.15, 0.2) is 0 Å². The molecule has 0 spiro atoms. The highest BCUT2D eigenvalue weighted by molar-refractivity contribution is 6.30. The van der Waals surface area contributed by atoms with Crippen molar-refractivity contribution in [3.63, 3.8) is 0 Å². The number of hydrogen-bond acceptors (Lipinski definition) is 3. The number of benzene rings is 1. The summed E-state index contributed by atoms with van der Waals surface area (Å²) in [7, 11) is 0. The van der Waals surface area contributed by atoms with Crippen molar-refractivity contribution in [2.24, 2.45) is 5.41 Å². The predicted octanol–water partition coefficient (Wildman–Crippen LogP) is 2.97. The molecular formula is C14H13ClFNO2. The lowest BCUT2D eigenvalue weighted by Gasteiger charge is -2.33. The molecule has 2 heterocycles. The monoisotopic (exact) mass is 281 g/mol. The summed E-state index contributed by atoms with van der Waals surface area (Å²) in [5, 5.41) is 20.2. The topological polar surface area (TPSA) is 53.2 Å². The van der Waals surface area contributed by atoms with Gasteiger partial charge in [0.2, 0.25) is 0 Å². The van der Waals surface area contributed by atoms with Crippen LogP contribution in [0, 0.1) is 22.6 Å². The van der Waals surface area contributed by atoms with Crippen LogP contribution in [-0.4, -0.2) is 17.3 Å². The lowest BCUT2D eigenvalue weighted by atomic mass is 9.69. The maximum atomic E-state index is 13.9. The number of aliphatic hydroxyl groups excluding tert-OH is 1. The van der Waals surface area contributed by atoms with E-state index in [2.05, 4.69) is 6.07 Å². The fourth-order valence-electron chi connectivity index (χ4n) is 3.21. The minimum absolute atomic E-state index is 0.00895. The zero-order valence-corrected chi connectivity index (χ0v) is 10.9. The Morgan fingerprint density at radius 2 is 2.32 bits per heavy atom. The second kappa shape index (κ2) is 4.45. The molecule has 0 amide bonds. The number of nitriles is 1. The van der Waals surface area contributed by atoms with Crippen LogP contribution in [0.15, 0.2) is 18.2 Å². The maximum Gasteiger partial charge on any atom is 0.130 e. The van der Waals surface area contributed by atoms with Crippen molar-refractivity contribution in [3.05, 3.63) is 34.6 Å². The van der Waals surface area contributed by atoms with Crippen LogP contribution in [0.1, 0.15) is 30.9 Å². The van der Waals surface area contributed by atoms with E-state index in [4.69, 9.17) is 16.3 Å². The molecule has 1 aromatic rings. The van der Waals surface area contributed by atoms with Crippen LogP contribution < -0.4 is 0 Å². The van der Waals surface area contributed by atoms with Gasteiger partial charge in [-0.2, -0.15) is 5.26 Å². The standard InChI is InChI=1S/C14H13ClFNO2/c15-8-1-3-10(11(16)5-8)13(18)14(7-17)6-9-2-4-12(14)19-9/h1,3,5,9,12-13,18H,2,4,6H2. The fraction of sp³-hybridized carbons (Fsp3) is 0.500. The fourth-order valence-corrected chi connectivity index (χ4v) is 3.37. The van der Waals surface area contributed by atoms with Gasteiger partial charge in [-0.1, -0.05) is 17.7 Å². The number of nitrogens with zero attached hydrogens (tertiary/aromatic N) is 1. The molecule has 0 radical (unpaired) electrons. The van der Waals surface area contributed by atoms with E-state index in [-0.39, 0.29) is 22.8 Å². The van der Waals surface area contributed by atoms with Crippen molar-refractivity contribution >= 4 is 11.6 Å². The van der Waals surface area contributed by atoms with Gasteiger partial charge in [0, 0.05) is 10.6 Å². The van der Waals surface area contributed by atoms with Gasteiger partial charge in [-0.25, -0.2) is 4.39 Å². The van der Waals surface area contributed by atoms with E-state index in [9.17, 15) is 14.8 Å². The molecule has 4 unspecified atom stereocenters. The Hall–Kier alpha value is -1.15. The first-order valence-corrected chi connectivity index (χ1v) is 6.64. The van der Waals surface area contributed by atoms with Gasteiger partial charge in [0.25, 0.3) is 0 Å². The van der Waals surface area contributed by atoms with Crippen LogP contribution >= 0.6 is 11.6 Å². The maximum absolute atomic E-state index is 13.9. The molecule has 2 saturated heterocycles. The average Bonchev–Trinajstić information content (AvgIpc) is 2.98.